The van der Waals surface area contributed by atoms with E-state index in [1.54, 1.807) is 0 Å². The second-order valence-corrected chi connectivity index (χ2v) is 8.52. The van der Waals surface area contributed by atoms with Gasteiger partial charge in [0.2, 0.25) is 5.78 Å². The van der Waals surface area contributed by atoms with Crippen LogP contribution < -0.4 is 4.74 Å². The average molecular weight is 404 g/mol. The molecule has 1 aromatic carbocycles. The lowest BCUT2D eigenvalue weighted by Crippen LogP contribution is -2.43. The van der Waals surface area contributed by atoms with E-state index >= 15 is 0 Å². The molecule has 0 spiro atoms. The minimum atomic E-state index is -5.81. The van der Waals surface area contributed by atoms with Gasteiger partial charge in [-0.05, 0) is 57.6 Å². The number of carbonyl (C=O) groups excluding carboxylic acids is 2. The third kappa shape index (κ3) is 4.52. The Bertz CT molecular complexity index is 832. The Hall–Kier alpha value is -1.87. The van der Waals surface area contributed by atoms with E-state index in [1.807, 2.05) is 32.9 Å². The smallest absolute Gasteiger partial charge is 0.426 e. The van der Waals surface area contributed by atoms with Crippen LogP contribution in [-0.2, 0) is 19.7 Å². The van der Waals surface area contributed by atoms with E-state index in [1.165, 1.54) is 0 Å². The maximum atomic E-state index is 13.5. The van der Waals surface area contributed by atoms with Crippen LogP contribution in [0.1, 0.15) is 42.4 Å². The van der Waals surface area contributed by atoms with E-state index in [4.69, 9.17) is 9.29 Å². The van der Waals surface area contributed by atoms with Crippen LogP contribution in [0.3, 0.4) is 0 Å². The molecule has 1 saturated carbocycles. The van der Waals surface area contributed by atoms with Crippen LogP contribution in [0.4, 0.5) is 8.78 Å². The second kappa shape index (κ2) is 7.63. The van der Waals surface area contributed by atoms with Gasteiger partial charge >= 0.3 is 21.3 Å². The summed E-state index contributed by atoms with van der Waals surface area (Å²) in [5, 5.41) is -4.83. The monoisotopic (exact) mass is 404 g/mol. The Balaban J connectivity index is 2.02. The molecule has 1 fully saturated rings. The largest absolute Gasteiger partial charge is 0.426 e. The maximum Gasteiger partial charge on any atom is 0.426 e. The number of alkyl halides is 2. The van der Waals surface area contributed by atoms with Crippen LogP contribution in [0.2, 0.25) is 0 Å². The molecule has 0 aromatic heterocycles. The number of ether oxygens (including phenoxy) is 1. The summed E-state index contributed by atoms with van der Waals surface area (Å²) < 4.78 is 62.4. The summed E-state index contributed by atoms with van der Waals surface area (Å²) in [4.78, 5) is 24.1. The zero-order valence-electron chi connectivity index (χ0n) is 15.3. The summed E-state index contributed by atoms with van der Waals surface area (Å²) in [7, 11) is -5.81. The highest BCUT2D eigenvalue weighted by Crippen LogP contribution is 2.36. The van der Waals surface area contributed by atoms with Gasteiger partial charge in [-0.25, -0.2) is 0 Å². The first-order chi connectivity index (χ1) is 12.3. The van der Waals surface area contributed by atoms with E-state index in [0.29, 0.717) is 5.75 Å². The van der Waals surface area contributed by atoms with Crippen molar-refractivity contribution in [1.82, 2.24) is 0 Å². The Morgan fingerprint density at radius 1 is 1.04 bits per heavy atom. The molecule has 0 heterocycles. The van der Waals surface area contributed by atoms with Gasteiger partial charge in [0.25, 0.3) is 0 Å². The van der Waals surface area contributed by atoms with Crippen LogP contribution in [0.25, 0.3) is 0 Å². The highest BCUT2D eigenvalue weighted by molar-refractivity contribution is 7.87. The van der Waals surface area contributed by atoms with Crippen molar-refractivity contribution in [3.63, 3.8) is 0 Å². The third-order valence-electron chi connectivity index (χ3n) is 4.85. The molecule has 1 N–H and O–H groups in total. The van der Waals surface area contributed by atoms with Crippen molar-refractivity contribution in [2.75, 3.05) is 0 Å². The molecule has 27 heavy (non-hydrogen) atoms. The van der Waals surface area contributed by atoms with Gasteiger partial charge in [-0.15, -0.1) is 0 Å². The van der Waals surface area contributed by atoms with E-state index < -0.39 is 39.0 Å². The highest BCUT2D eigenvalue weighted by atomic mass is 32.2. The fourth-order valence-electron chi connectivity index (χ4n) is 3.47. The molecule has 1 aromatic rings. The minimum Gasteiger partial charge on any atom is -0.426 e. The SMILES string of the molecule is Cc1cc(C)c(OC(=O)C2CCC(C(=O)C(F)(F)S(=O)(=O)O)CC2)c(C)c1. The first-order valence-electron chi connectivity index (χ1n) is 8.53. The van der Waals surface area contributed by atoms with Gasteiger partial charge in [-0.2, -0.15) is 17.2 Å². The van der Waals surface area contributed by atoms with Gasteiger partial charge in [0, 0.05) is 5.92 Å². The zero-order valence-corrected chi connectivity index (χ0v) is 16.1. The molecule has 9 heteroatoms. The van der Waals surface area contributed by atoms with Gasteiger partial charge in [0.05, 0.1) is 5.92 Å². The Morgan fingerprint density at radius 3 is 1.93 bits per heavy atom. The van der Waals surface area contributed by atoms with Crippen molar-refractivity contribution in [3.05, 3.63) is 28.8 Å². The number of carbonyl (C=O) groups is 2. The van der Waals surface area contributed by atoms with Crippen molar-refractivity contribution in [3.8, 4) is 5.75 Å². The number of aryl methyl sites for hydroxylation is 3. The molecular formula is C18H22F2O6S. The number of esters is 1. The molecule has 0 atom stereocenters. The molecule has 0 aliphatic heterocycles. The predicted octanol–water partition coefficient (Wildman–Crippen LogP) is 3.37. The van der Waals surface area contributed by atoms with E-state index in [2.05, 4.69) is 0 Å². The van der Waals surface area contributed by atoms with Crippen LogP contribution >= 0.6 is 0 Å². The first-order valence-corrected chi connectivity index (χ1v) is 9.97. The maximum absolute atomic E-state index is 13.5. The highest BCUT2D eigenvalue weighted by Gasteiger charge is 2.54. The Kier molecular flexibility index (Phi) is 6.06. The number of rotatable bonds is 5. The second-order valence-electron chi connectivity index (χ2n) is 7.05. The summed E-state index contributed by atoms with van der Waals surface area (Å²) >= 11 is 0. The average Bonchev–Trinajstić information content (AvgIpc) is 2.56. The molecule has 0 amide bonds. The van der Waals surface area contributed by atoms with Crippen molar-refractivity contribution in [1.29, 1.82) is 0 Å². The number of ketones is 1. The molecule has 6 nitrogen and oxygen atoms in total. The lowest BCUT2D eigenvalue weighted by Gasteiger charge is -2.28. The van der Waals surface area contributed by atoms with E-state index in [-0.39, 0.29) is 25.7 Å². The lowest BCUT2D eigenvalue weighted by molar-refractivity contribution is -0.144. The fourth-order valence-corrected chi connectivity index (χ4v) is 3.89. The zero-order chi connectivity index (χ0) is 20.6. The predicted molar refractivity (Wildman–Crippen MR) is 93.2 cm³/mol. The molecule has 1 aliphatic rings. The first kappa shape index (κ1) is 21.4. The third-order valence-corrected chi connectivity index (χ3v) is 5.70. The van der Waals surface area contributed by atoms with Crippen molar-refractivity contribution in [2.24, 2.45) is 11.8 Å². The number of benzene rings is 1. The van der Waals surface area contributed by atoms with Gasteiger partial charge in [-0.3, -0.25) is 14.1 Å². The number of Topliss-reactive ketones (excluding diaryl/α,β-unsaturated/α-hetero) is 1. The topological polar surface area (TPSA) is 97.7 Å². The molecule has 0 saturated heterocycles. The Labute approximate surface area is 156 Å². The normalized spacial score (nSPS) is 21.0. The van der Waals surface area contributed by atoms with Crippen molar-refractivity contribution >= 4 is 21.9 Å². The van der Waals surface area contributed by atoms with Crippen molar-refractivity contribution in [2.45, 2.75) is 51.7 Å². The van der Waals surface area contributed by atoms with Crippen molar-refractivity contribution < 1.29 is 36.1 Å². The van der Waals surface area contributed by atoms with Crippen LogP contribution in [0.5, 0.6) is 5.75 Å². The molecule has 1 aliphatic carbocycles. The quantitative estimate of drug-likeness (QED) is 0.459. The molecular weight excluding hydrogens is 382 g/mol. The minimum absolute atomic E-state index is 0.0738. The van der Waals surface area contributed by atoms with Gasteiger partial charge in [0.15, 0.2) is 0 Å². The number of halogens is 2. The summed E-state index contributed by atoms with van der Waals surface area (Å²) in [6, 6.07) is 3.76. The Morgan fingerprint density at radius 2 is 1.48 bits per heavy atom. The molecule has 0 bridgehead atoms. The molecule has 0 radical (unpaired) electrons. The molecule has 2 rings (SSSR count). The summed E-state index contributed by atoms with van der Waals surface area (Å²) in [5.74, 6) is -3.66. The molecule has 0 unspecified atom stereocenters. The number of hydrogen-bond donors (Lipinski definition) is 1. The van der Waals surface area contributed by atoms with Gasteiger partial charge in [0.1, 0.15) is 5.75 Å². The summed E-state index contributed by atoms with van der Waals surface area (Å²) in [5.41, 5.74) is 2.64. The van der Waals surface area contributed by atoms with E-state index in [9.17, 15) is 26.8 Å². The fraction of sp³-hybridized carbons (Fsp3) is 0.556. The lowest BCUT2D eigenvalue weighted by atomic mass is 9.80. The van der Waals surface area contributed by atoms with Crippen LogP contribution in [0.15, 0.2) is 12.1 Å². The van der Waals surface area contributed by atoms with E-state index in [0.717, 1.165) is 16.7 Å². The van der Waals surface area contributed by atoms with Crippen LogP contribution in [-0.4, -0.2) is 30.0 Å². The molecule has 150 valence electrons. The standard InChI is InChI=1S/C18H22F2O6S/c1-10-8-11(2)15(12(3)9-10)26-17(22)14-6-4-13(5-7-14)16(21)18(19,20)27(23,24)25/h8-9,13-14H,4-7H2,1-3H3,(H,23,24,25). The summed E-state index contributed by atoms with van der Waals surface area (Å²) in [6.45, 7) is 5.55. The van der Waals surface area contributed by atoms with Crippen LogP contribution in [0, 0.1) is 32.6 Å². The van der Waals surface area contributed by atoms with Gasteiger partial charge < -0.3 is 4.74 Å². The van der Waals surface area contributed by atoms with Gasteiger partial charge in [-0.1, -0.05) is 17.7 Å². The number of hydrogen-bond acceptors (Lipinski definition) is 5. The summed E-state index contributed by atoms with van der Waals surface area (Å²) in [6.07, 6.45) is 0.104.